The SMILES string of the molecule is COc1ccc(NC(=O)CN(C(C)=O)c2cccc3cccnc23)c(OC)c1. The van der Waals surface area contributed by atoms with Crippen LogP contribution in [0.3, 0.4) is 0 Å². The second kappa shape index (κ2) is 8.39. The van der Waals surface area contributed by atoms with Crippen LogP contribution in [-0.2, 0) is 9.59 Å². The van der Waals surface area contributed by atoms with E-state index in [1.54, 1.807) is 37.6 Å². The van der Waals surface area contributed by atoms with Crippen LogP contribution in [0.1, 0.15) is 6.92 Å². The van der Waals surface area contributed by atoms with Gasteiger partial charge in [-0.2, -0.15) is 0 Å². The number of methoxy groups -OCH3 is 2. The van der Waals surface area contributed by atoms with Gasteiger partial charge < -0.3 is 19.7 Å². The van der Waals surface area contributed by atoms with Crippen molar-refractivity contribution in [2.45, 2.75) is 6.92 Å². The summed E-state index contributed by atoms with van der Waals surface area (Å²) < 4.78 is 10.5. The monoisotopic (exact) mass is 379 g/mol. The molecule has 0 saturated carbocycles. The van der Waals surface area contributed by atoms with Crippen LogP contribution >= 0.6 is 0 Å². The highest BCUT2D eigenvalue weighted by atomic mass is 16.5. The number of nitrogens with zero attached hydrogens (tertiary/aromatic N) is 2. The molecule has 0 fully saturated rings. The number of ether oxygens (including phenoxy) is 2. The molecule has 0 atom stereocenters. The van der Waals surface area contributed by atoms with Gasteiger partial charge in [-0.05, 0) is 24.3 Å². The summed E-state index contributed by atoms with van der Waals surface area (Å²) in [5.74, 6) is 0.470. The zero-order valence-electron chi connectivity index (χ0n) is 15.9. The summed E-state index contributed by atoms with van der Waals surface area (Å²) in [5.41, 5.74) is 1.74. The molecule has 3 rings (SSSR count). The molecule has 7 nitrogen and oxygen atoms in total. The fraction of sp³-hybridized carbons (Fsp3) is 0.190. The summed E-state index contributed by atoms with van der Waals surface area (Å²) in [7, 11) is 3.06. The first-order valence-corrected chi connectivity index (χ1v) is 8.67. The highest BCUT2D eigenvalue weighted by Gasteiger charge is 2.19. The minimum absolute atomic E-state index is 0.153. The average Bonchev–Trinajstić information content (AvgIpc) is 2.71. The largest absolute Gasteiger partial charge is 0.497 e. The molecule has 1 aromatic heterocycles. The van der Waals surface area contributed by atoms with Crippen molar-refractivity contribution in [2.24, 2.45) is 0 Å². The minimum atomic E-state index is -0.355. The third-order valence-corrected chi connectivity index (χ3v) is 4.27. The van der Waals surface area contributed by atoms with Crippen molar-refractivity contribution < 1.29 is 19.1 Å². The fourth-order valence-corrected chi connectivity index (χ4v) is 2.91. The van der Waals surface area contributed by atoms with E-state index in [0.717, 1.165) is 5.39 Å². The summed E-state index contributed by atoms with van der Waals surface area (Å²) in [5, 5.41) is 3.67. The molecule has 0 bridgehead atoms. The van der Waals surface area contributed by atoms with Gasteiger partial charge >= 0.3 is 0 Å². The third-order valence-electron chi connectivity index (χ3n) is 4.27. The number of aromatic nitrogens is 1. The Morgan fingerprint density at radius 2 is 1.86 bits per heavy atom. The minimum Gasteiger partial charge on any atom is -0.497 e. The number of pyridine rings is 1. The molecule has 7 heteroatoms. The van der Waals surface area contributed by atoms with Crippen molar-refractivity contribution in [1.29, 1.82) is 0 Å². The van der Waals surface area contributed by atoms with Gasteiger partial charge in [-0.1, -0.05) is 18.2 Å². The van der Waals surface area contributed by atoms with Crippen LogP contribution in [0.15, 0.2) is 54.7 Å². The molecule has 28 heavy (non-hydrogen) atoms. The molecule has 2 amide bonds. The molecule has 0 radical (unpaired) electrons. The summed E-state index contributed by atoms with van der Waals surface area (Å²) in [4.78, 5) is 30.7. The zero-order chi connectivity index (χ0) is 20.1. The van der Waals surface area contributed by atoms with E-state index in [2.05, 4.69) is 10.3 Å². The predicted molar refractivity (Wildman–Crippen MR) is 108 cm³/mol. The Morgan fingerprint density at radius 3 is 2.57 bits per heavy atom. The lowest BCUT2D eigenvalue weighted by atomic mass is 10.1. The Hall–Kier alpha value is -3.61. The number of carbonyl (C=O) groups excluding carboxylic acids is 2. The van der Waals surface area contributed by atoms with Crippen LogP contribution in [0.25, 0.3) is 10.9 Å². The molecular weight excluding hydrogens is 358 g/mol. The zero-order valence-corrected chi connectivity index (χ0v) is 15.9. The van der Waals surface area contributed by atoms with E-state index in [4.69, 9.17) is 9.47 Å². The number of nitrogens with one attached hydrogen (secondary N) is 1. The molecule has 0 unspecified atom stereocenters. The van der Waals surface area contributed by atoms with Crippen LogP contribution in [0.5, 0.6) is 11.5 Å². The number of para-hydroxylation sites is 1. The summed E-state index contributed by atoms with van der Waals surface area (Å²) in [6, 6.07) is 14.3. The highest BCUT2D eigenvalue weighted by Crippen LogP contribution is 2.29. The number of hydrogen-bond donors (Lipinski definition) is 1. The van der Waals surface area contributed by atoms with Gasteiger partial charge in [-0.25, -0.2) is 0 Å². The lowest BCUT2D eigenvalue weighted by Gasteiger charge is -2.22. The number of carbonyl (C=O) groups is 2. The second-order valence-electron chi connectivity index (χ2n) is 6.07. The number of fused-ring (bicyclic) bond motifs is 1. The molecule has 3 aromatic rings. The van der Waals surface area contributed by atoms with Gasteiger partial charge in [0.25, 0.3) is 0 Å². The van der Waals surface area contributed by atoms with Gasteiger partial charge in [0.05, 0.1) is 31.1 Å². The van der Waals surface area contributed by atoms with Gasteiger partial charge in [-0.3, -0.25) is 14.6 Å². The summed E-state index contributed by atoms with van der Waals surface area (Å²) in [6.07, 6.45) is 1.66. The summed E-state index contributed by atoms with van der Waals surface area (Å²) >= 11 is 0. The quantitative estimate of drug-likeness (QED) is 0.711. The van der Waals surface area contributed by atoms with Crippen molar-refractivity contribution in [3.63, 3.8) is 0 Å². The van der Waals surface area contributed by atoms with E-state index in [9.17, 15) is 9.59 Å². The van der Waals surface area contributed by atoms with Crippen LogP contribution in [0, 0.1) is 0 Å². The van der Waals surface area contributed by atoms with Crippen molar-refractivity contribution in [2.75, 3.05) is 31.0 Å². The molecule has 0 aliphatic heterocycles. The first kappa shape index (κ1) is 19.2. The van der Waals surface area contributed by atoms with Crippen molar-refractivity contribution in [3.05, 3.63) is 54.7 Å². The number of rotatable bonds is 6. The van der Waals surface area contributed by atoms with E-state index in [-0.39, 0.29) is 18.4 Å². The molecule has 1 heterocycles. The molecule has 0 aliphatic carbocycles. The highest BCUT2D eigenvalue weighted by molar-refractivity contribution is 6.06. The smallest absolute Gasteiger partial charge is 0.244 e. The lowest BCUT2D eigenvalue weighted by Crippen LogP contribution is -2.37. The molecule has 144 valence electrons. The van der Waals surface area contributed by atoms with Crippen LogP contribution < -0.4 is 19.7 Å². The normalized spacial score (nSPS) is 10.4. The predicted octanol–water partition coefficient (Wildman–Crippen LogP) is 3.24. The Morgan fingerprint density at radius 1 is 1.07 bits per heavy atom. The average molecular weight is 379 g/mol. The van der Waals surface area contributed by atoms with Crippen molar-refractivity contribution in [1.82, 2.24) is 4.98 Å². The maximum Gasteiger partial charge on any atom is 0.244 e. The summed E-state index contributed by atoms with van der Waals surface area (Å²) in [6.45, 7) is 1.27. The standard InChI is InChI=1S/C21H21N3O4/c1-14(25)24(18-8-4-6-15-7-5-11-22-21(15)18)13-20(26)23-17-10-9-16(27-2)12-19(17)28-3/h4-12H,13H2,1-3H3,(H,23,26). The van der Waals surface area contributed by atoms with Gasteiger partial charge in [-0.15, -0.1) is 0 Å². The van der Waals surface area contributed by atoms with Gasteiger partial charge in [0.15, 0.2) is 0 Å². The van der Waals surface area contributed by atoms with Crippen molar-refractivity contribution >= 4 is 34.1 Å². The first-order chi connectivity index (χ1) is 13.5. The van der Waals surface area contributed by atoms with E-state index in [1.807, 2.05) is 24.3 Å². The van der Waals surface area contributed by atoms with E-state index in [1.165, 1.54) is 18.9 Å². The maximum absolute atomic E-state index is 12.6. The van der Waals surface area contributed by atoms with Crippen LogP contribution in [0.2, 0.25) is 0 Å². The van der Waals surface area contributed by atoms with Crippen molar-refractivity contribution in [3.8, 4) is 11.5 Å². The maximum atomic E-state index is 12.6. The van der Waals surface area contributed by atoms with Crippen LogP contribution in [0.4, 0.5) is 11.4 Å². The van der Waals surface area contributed by atoms with Crippen LogP contribution in [-0.4, -0.2) is 37.6 Å². The molecule has 0 aliphatic rings. The number of benzene rings is 2. The van der Waals surface area contributed by atoms with Gasteiger partial charge in [0.2, 0.25) is 11.8 Å². The van der Waals surface area contributed by atoms with E-state index >= 15 is 0 Å². The molecular formula is C21H21N3O4. The lowest BCUT2D eigenvalue weighted by molar-refractivity contribution is -0.120. The Kier molecular flexibility index (Phi) is 5.74. The topological polar surface area (TPSA) is 80.8 Å². The molecule has 2 aromatic carbocycles. The van der Waals surface area contributed by atoms with E-state index in [0.29, 0.717) is 28.4 Å². The molecule has 1 N–H and O–H groups in total. The second-order valence-corrected chi connectivity index (χ2v) is 6.07. The number of anilines is 2. The van der Waals surface area contributed by atoms with Gasteiger partial charge in [0, 0.05) is 24.6 Å². The van der Waals surface area contributed by atoms with E-state index < -0.39 is 0 Å². The van der Waals surface area contributed by atoms with Gasteiger partial charge in [0.1, 0.15) is 18.0 Å². The Bertz CT molecular complexity index is 1010. The fourth-order valence-electron chi connectivity index (χ4n) is 2.91. The first-order valence-electron chi connectivity index (χ1n) is 8.67. The Labute approximate surface area is 162 Å². The number of hydrogen-bond acceptors (Lipinski definition) is 5. The molecule has 0 saturated heterocycles. The third kappa shape index (κ3) is 4.03. The Balaban J connectivity index is 1.85. The molecule has 0 spiro atoms. The number of amides is 2.